The molecule has 1 aromatic carbocycles. The molecule has 92 valence electrons. The van der Waals surface area contributed by atoms with Crippen molar-refractivity contribution in [2.75, 3.05) is 13.7 Å². The van der Waals surface area contributed by atoms with E-state index >= 15 is 0 Å². The average molecular weight is 232 g/mol. The van der Waals surface area contributed by atoms with Gasteiger partial charge in [-0.05, 0) is 31.0 Å². The third kappa shape index (κ3) is 2.68. The number of nitrogens with two attached hydrogens (primary N) is 1. The van der Waals surface area contributed by atoms with Gasteiger partial charge in [0, 0.05) is 36.8 Å². The van der Waals surface area contributed by atoms with E-state index in [1.54, 1.807) is 7.11 Å². The predicted octanol–water partition coefficient (Wildman–Crippen LogP) is 2.18. The molecule has 17 heavy (non-hydrogen) atoms. The first-order valence-electron chi connectivity index (χ1n) is 6.03. The molecule has 0 fully saturated rings. The van der Waals surface area contributed by atoms with E-state index in [9.17, 15) is 0 Å². The second kappa shape index (κ2) is 5.34. The summed E-state index contributed by atoms with van der Waals surface area (Å²) in [7, 11) is 1.73. The summed E-state index contributed by atoms with van der Waals surface area (Å²) in [5.41, 5.74) is 8.47. The maximum absolute atomic E-state index is 5.88. The fraction of sp³-hybridized carbons (Fsp3) is 0.429. The lowest BCUT2D eigenvalue weighted by atomic mass is 10.0. The third-order valence-corrected chi connectivity index (χ3v) is 2.98. The highest BCUT2D eigenvalue weighted by Crippen LogP contribution is 2.21. The van der Waals surface area contributed by atoms with Crippen LogP contribution in [0.2, 0.25) is 0 Å². The van der Waals surface area contributed by atoms with Crippen LogP contribution in [0.15, 0.2) is 30.5 Å². The van der Waals surface area contributed by atoms with Crippen molar-refractivity contribution in [2.45, 2.75) is 25.9 Å². The van der Waals surface area contributed by atoms with Crippen LogP contribution in [0, 0.1) is 0 Å². The summed E-state index contributed by atoms with van der Waals surface area (Å²) < 4.78 is 7.34. The SMILES string of the molecule is COCCn1ccc2c(CC(C)N)cccc21. The molecular formula is C14H20N2O. The summed E-state index contributed by atoms with van der Waals surface area (Å²) in [6.45, 7) is 3.67. The van der Waals surface area contributed by atoms with E-state index in [4.69, 9.17) is 10.5 Å². The maximum atomic E-state index is 5.88. The van der Waals surface area contributed by atoms with Crippen molar-refractivity contribution in [3.8, 4) is 0 Å². The molecule has 3 heteroatoms. The van der Waals surface area contributed by atoms with Crippen LogP contribution >= 0.6 is 0 Å². The first-order valence-corrected chi connectivity index (χ1v) is 6.03. The summed E-state index contributed by atoms with van der Waals surface area (Å²) in [6.07, 6.45) is 3.04. The Morgan fingerprint density at radius 2 is 2.18 bits per heavy atom. The Labute approximate surface area is 102 Å². The summed E-state index contributed by atoms with van der Waals surface area (Å²) in [6, 6.07) is 8.77. The summed E-state index contributed by atoms with van der Waals surface area (Å²) in [5.74, 6) is 0. The van der Waals surface area contributed by atoms with Crippen LogP contribution in [0.1, 0.15) is 12.5 Å². The first kappa shape index (κ1) is 12.1. The van der Waals surface area contributed by atoms with Gasteiger partial charge in [-0.1, -0.05) is 12.1 Å². The molecule has 0 amide bonds. The fourth-order valence-corrected chi connectivity index (χ4v) is 2.20. The predicted molar refractivity (Wildman–Crippen MR) is 71.2 cm³/mol. The van der Waals surface area contributed by atoms with Crippen LogP contribution < -0.4 is 5.73 Å². The molecule has 2 N–H and O–H groups in total. The number of aromatic nitrogens is 1. The summed E-state index contributed by atoms with van der Waals surface area (Å²) in [5, 5.41) is 1.31. The van der Waals surface area contributed by atoms with Gasteiger partial charge in [0.1, 0.15) is 0 Å². The van der Waals surface area contributed by atoms with E-state index in [0.717, 1.165) is 19.6 Å². The highest BCUT2D eigenvalue weighted by atomic mass is 16.5. The second-order valence-corrected chi connectivity index (χ2v) is 4.53. The lowest BCUT2D eigenvalue weighted by Crippen LogP contribution is -2.17. The minimum absolute atomic E-state index is 0.197. The Morgan fingerprint density at radius 1 is 1.35 bits per heavy atom. The van der Waals surface area contributed by atoms with Gasteiger partial charge in [-0.3, -0.25) is 0 Å². The van der Waals surface area contributed by atoms with Gasteiger partial charge in [-0.15, -0.1) is 0 Å². The van der Waals surface area contributed by atoms with Crippen molar-refractivity contribution in [3.05, 3.63) is 36.0 Å². The second-order valence-electron chi connectivity index (χ2n) is 4.53. The Morgan fingerprint density at radius 3 is 2.88 bits per heavy atom. The molecule has 0 bridgehead atoms. The molecule has 0 saturated heterocycles. The topological polar surface area (TPSA) is 40.2 Å². The van der Waals surface area contributed by atoms with Crippen LogP contribution in [0.3, 0.4) is 0 Å². The van der Waals surface area contributed by atoms with Crippen LogP contribution in [-0.2, 0) is 17.7 Å². The molecule has 0 saturated carbocycles. The van der Waals surface area contributed by atoms with E-state index in [2.05, 4.69) is 35.0 Å². The molecule has 0 aliphatic carbocycles. The zero-order valence-corrected chi connectivity index (χ0v) is 10.5. The highest BCUT2D eigenvalue weighted by Gasteiger charge is 2.06. The maximum Gasteiger partial charge on any atom is 0.0641 e. The lowest BCUT2D eigenvalue weighted by Gasteiger charge is -2.08. The van der Waals surface area contributed by atoms with Crippen molar-refractivity contribution < 1.29 is 4.74 Å². The Kier molecular flexibility index (Phi) is 3.82. The quantitative estimate of drug-likeness (QED) is 0.858. The van der Waals surface area contributed by atoms with Crippen molar-refractivity contribution >= 4 is 10.9 Å². The molecule has 2 rings (SSSR count). The zero-order chi connectivity index (χ0) is 12.3. The molecule has 0 aliphatic heterocycles. The van der Waals surface area contributed by atoms with Crippen LogP contribution in [0.25, 0.3) is 10.9 Å². The number of rotatable bonds is 5. The zero-order valence-electron chi connectivity index (χ0n) is 10.5. The Bertz CT molecular complexity index is 488. The standard InChI is InChI=1S/C14H20N2O/c1-11(15)10-12-4-3-5-14-13(12)6-7-16(14)8-9-17-2/h3-7,11H,8-10,15H2,1-2H3. The van der Waals surface area contributed by atoms with E-state index < -0.39 is 0 Å². The largest absolute Gasteiger partial charge is 0.383 e. The van der Waals surface area contributed by atoms with Gasteiger partial charge in [-0.25, -0.2) is 0 Å². The molecule has 0 radical (unpaired) electrons. The van der Waals surface area contributed by atoms with Gasteiger partial charge in [0.05, 0.1) is 6.61 Å². The number of ether oxygens (including phenoxy) is 1. The van der Waals surface area contributed by atoms with Gasteiger partial charge >= 0.3 is 0 Å². The highest BCUT2D eigenvalue weighted by molar-refractivity contribution is 5.83. The molecule has 1 heterocycles. The van der Waals surface area contributed by atoms with Crippen LogP contribution in [0.4, 0.5) is 0 Å². The lowest BCUT2D eigenvalue weighted by molar-refractivity contribution is 0.188. The summed E-state index contributed by atoms with van der Waals surface area (Å²) in [4.78, 5) is 0. The summed E-state index contributed by atoms with van der Waals surface area (Å²) >= 11 is 0. The van der Waals surface area contributed by atoms with Gasteiger partial charge < -0.3 is 15.0 Å². The van der Waals surface area contributed by atoms with E-state index in [0.29, 0.717) is 0 Å². The van der Waals surface area contributed by atoms with Crippen molar-refractivity contribution in [2.24, 2.45) is 5.73 Å². The average Bonchev–Trinajstić information content (AvgIpc) is 2.70. The third-order valence-electron chi connectivity index (χ3n) is 2.98. The van der Waals surface area contributed by atoms with Crippen molar-refractivity contribution in [1.82, 2.24) is 4.57 Å². The van der Waals surface area contributed by atoms with Gasteiger partial charge in [0.2, 0.25) is 0 Å². The number of hydrogen-bond acceptors (Lipinski definition) is 2. The van der Waals surface area contributed by atoms with Crippen LogP contribution in [0.5, 0.6) is 0 Å². The Hall–Kier alpha value is -1.32. The van der Waals surface area contributed by atoms with Crippen LogP contribution in [-0.4, -0.2) is 24.3 Å². The van der Waals surface area contributed by atoms with Gasteiger partial charge in [0.15, 0.2) is 0 Å². The van der Waals surface area contributed by atoms with E-state index in [1.807, 2.05) is 6.92 Å². The monoisotopic (exact) mass is 232 g/mol. The number of benzene rings is 1. The van der Waals surface area contributed by atoms with Gasteiger partial charge in [-0.2, -0.15) is 0 Å². The molecule has 2 aromatic rings. The minimum atomic E-state index is 0.197. The smallest absolute Gasteiger partial charge is 0.0641 e. The normalized spacial score (nSPS) is 13.1. The van der Waals surface area contributed by atoms with Crippen molar-refractivity contribution in [3.63, 3.8) is 0 Å². The van der Waals surface area contributed by atoms with E-state index in [-0.39, 0.29) is 6.04 Å². The molecule has 3 nitrogen and oxygen atoms in total. The number of fused-ring (bicyclic) bond motifs is 1. The molecule has 0 spiro atoms. The van der Waals surface area contributed by atoms with Crippen molar-refractivity contribution in [1.29, 1.82) is 0 Å². The minimum Gasteiger partial charge on any atom is -0.383 e. The number of nitrogens with zero attached hydrogens (tertiary/aromatic N) is 1. The molecular weight excluding hydrogens is 212 g/mol. The first-order chi connectivity index (χ1) is 8.22. The molecule has 1 aromatic heterocycles. The molecule has 0 aliphatic rings. The number of hydrogen-bond donors (Lipinski definition) is 1. The molecule has 1 atom stereocenters. The fourth-order valence-electron chi connectivity index (χ4n) is 2.20. The van der Waals surface area contributed by atoms with Gasteiger partial charge in [0.25, 0.3) is 0 Å². The molecule has 1 unspecified atom stereocenters. The van der Waals surface area contributed by atoms with E-state index in [1.165, 1.54) is 16.5 Å². The Balaban J connectivity index is 2.35. The number of methoxy groups -OCH3 is 1.